The predicted molar refractivity (Wildman–Crippen MR) is 119 cm³/mol. The topological polar surface area (TPSA) is 36.0 Å². The van der Waals surface area contributed by atoms with E-state index in [0.29, 0.717) is 0 Å². The summed E-state index contributed by atoms with van der Waals surface area (Å²) in [5.74, 6) is 1.20. The number of piperazine rings is 1. The van der Waals surface area contributed by atoms with E-state index in [1.54, 1.807) is 6.92 Å². The van der Waals surface area contributed by atoms with E-state index in [9.17, 15) is 4.79 Å². The predicted octanol–water partition coefficient (Wildman–Crippen LogP) is 3.36. The maximum atomic E-state index is 11.5. The van der Waals surface area contributed by atoms with Crippen LogP contribution in [0.25, 0.3) is 0 Å². The molecule has 4 rings (SSSR count). The summed E-state index contributed by atoms with van der Waals surface area (Å²) in [4.78, 5) is 18.4. The van der Waals surface area contributed by atoms with Crippen LogP contribution >= 0.6 is 0 Å². The van der Waals surface area contributed by atoms with Crippen molar-refractivity contribution in [2.75, 3.05) is 39.3 Å². The van der Waals surface area contributed by atoms with E-state index in [1.807, 2.05) is 4.90 Å². The second kappa shape index (κ2) is 9.19. The van der Waals surface area contributed by atoms with Crippen molar-refractivity contribution < 1.29 is 9.53 Å². The average Bonchev–Trinajstić information content (AvgIpc) is 2.89. The fourth-order valence-corrected chi connectivity index (χ4v) is 4.63. The van der Waals surface area contributed by atoms with Crippen molar-refractivity contribution in [1.82, 2.24) is 14.7 Å². The van der Waals surface area contributed by atoms with E-state index in [-0.39, 0.29) is 5.91 Å². The summed E-state index contributed by atoms with van der Waals surface area (Å²) in [6, 6.07) is 13.4. The van der Waals surface area contributed by atoms with Gasteiger partial charge in [0.1, 0.15) is 12.4 Å². The highest BCUT2D eigenvalue weighted by Crippen LogP contribution is 2.26. The van der Waals surface area contributed by atoms with Gasteiger partial charge in [0.25, 0.3) is 0 Å². The van der Waals surface area contributed by atoms with Gasteiger partial charge in [-0.3, -0.25) is 14.6 Å². The van der Waals surface area contributed by atoms with Crippen LogP contribution in [0, 0.1) is 13.8 Å². The van der Waals surface area contributed by atoms with E-state index in [2.05, 4.69) is 60.0 Å². The Morgan fingerprint density at radius 2 is 1.57 bits per heavy atom. The number of hydrogen-bond acceptors (Lipinski definition) is 4. The first-order chi connectivity index (χ1) is 14.5. The fourth-order valence-electron chi connectivity index (χ4n) is 4.63. The van der Waals surface area contributed by atoms with Gasteiger partial charge in [0.2, 0.25) is 5.91 Å². The molecule has 5 heteroatoms. The van der Waals surface area contributed by atoms with Crippen LogP contribution in [-0.4, -0.2) is 59.9 Å². The summed E-state index contributed by atoms with van der Waals surface area (Å²) in [6.07, 6.45) is 0. The zero-order valence-corrected chi connectivity index (χ0v) is 18.5. The van der Waals surface area contributed by atoms with Gasteiger partial charge in [-0.05, 0) is 37.1 Å². The Labute approximate surface area is 180 Å². The summed E-state index contributed by atoms with van der Waals surface area (Å²) >= 11 is 0. The third-order valence-electron chi connectivity index (χ3n) is 6.10. The maximum Gasteiger partial charge on any atom is 0.219 e. The third-order valence-corrected chi connectivity index (χ3v) is 6.10. The number of rotatable bonds is 4. The van der Waals surface area contributed by atoms with Gasteiger partial charge in [-0.25, -0.2) is 0 Å². The first kappa shape index (κ1) is 20.9. The molecule has 5 nitrogen and oxygen atoms in total. The molecule has 2 aromatic rings. The molecule has 2 aliphatic rings. The number of nitrogens with zero attached hydrogens (tertiary/aromatic N) is 3. The average molecular weight is 408 g/mol. The van der Waals surface area contributed by atoms with Gasteiger partial charge >= 0.3 is 0 Å². The summed E-state index contributed by atoms with van der Waals surface area (Å²) in [5, 5.41) is 0. The number of hydrogen-bond donors (Lipinski definition) is 0. The first-order valence-electron chi connectivity index (χ1n) is 11.0. The van der Waals surface area contributed by atoms with Crippen molar-refractivity contribution in [2.45, 2.75) is 40.4 Å². The highest BCUT2D eigenvalue weighted by Gasteiger charge is 2.20. The number of fused-ring (bicyclic) bond motifs is 1. The molecule has 1 saturated heterocycles. The molecule has 2 aliphatic heterocycles. The van der Waals surface area contributed by atoms with E-state index in [4.69, 9.17) is 4.74 Å². The SMILES string of the molecule is CC(=O)N1CCN(Cc2ccc3c(c2)CN(Cc2cc(C)cc(C)c2)CCO3)CC1. The summed E-state index contributed by atoms with van der Waals surface area (Å²) in [6.45, 7) is 14.0. The molecule has 2 heterocycles. The molecule has 0 bridgehead atoms. The lowest BCUT2D eigenvalue weighted by Crippen LogP contribution is -2.47. The number of aryl methyl sites for hydroxylation is 2. The van der Waals surface area contributed by atoms with Crippen LogP contribution in [0.1, 0.15) is 34.7 Å². The lowest BCUT2D eigenvalue weighted by Gasteiger charge is -2.34. The van der Waals surface area contributed by atoms with Crippen molar-refractivity contribution in [2.24, 2.45) is 0 Å². The molecule has 0 unspecified atom stereocenters. The molecule has 2 aromatic carbocycles. The molecule has 30 heavy (non-hydrogen) atoms. The zero-order valence-electron chi connectivity index (χ0n) is 18.5. The summed E-state index contributed by atoms with van der Waals surface area (Å²) in [5.41, 5.74) is 6.61. The number of ether oxygens (including phenoxy) is 1. The summed E-state index contributed by atoms with van der Waals surface area (Å²) < 4.78 is 6.05. The highest BCUT2D eigenvalue weighted by atomic mass is 16.5. The first-order valence-corrected chi connectivity index (χ1v) is 11.0. The van der Waals surface area contributed by atoms with E-state index in [0.717, 1.165) is 64.7 Å². The number of carbonyl (C=O) groups is 1. The van der Waals surface area contributed by atoms with Crippen molar-refractivity contribution in [1.29, 1.82) is 0 Å². The minimum absolute atomic E-state index is 0.181. The van der Waals surface area contributed by atoms with Crippen molar-refractivity contribution >= 4 is 5.91 Å². The molecular formula is C25H33N3O2. The molecule has 160 valence electrons. The lowest BCUT2D eigenvalue weighted by atomic mass is 10.1. The molecule has 0 spiro atoms. The minimum Gasteiger partial charge on any atom is -0.492 e. The van der Waals surface area contributed by atoms with Gasteiger partial charge in [0.05, 0.1) is 0 Å². The smallest absolute Gasteiger partial charge is 0.219 e. The number of benzene rings is 2. The van der Waals surface area contributed by atoms with Crippen LogP contribution in [0.2, 0.25) is 0 Å². The van der Waals surface area contributed by atoms with Gasteiger partial charge in [-0.15, -0.1) is 0 Å². The zero-order chi connectivity index (χ0) is 21.1. The van der Waals surface area contributed by atoms with Crippen molar-refractivity contribution in [3.8, 4) is 5.75 Å². The minimum atomic E-state index is 0.181. The normalized spacial score (nSPS) is 17.9. The van der Waals surface area contributed by atoms with Crippen LogP contribution in [0.5, 0.6) is 5.75 Å². The second-order valence-electron chi connectivity index (χ2n) is 8.78. The standard InChI is InChI=1S/C25H33N3O2/c1-19-12-20(2)14-23(13-19)17-27-10-11-30-25-5-4-22(15-24(25)18-27)16-26-6-8-28(9-7-26)21(3)29/h4-5,12-15H,6-11,16-18H2,1-3H3. The summed E-state index contributed by atoms with van der Waals surface area (Å²) in [7, 11) is 0. The van der Waals surface area contributed by atoms with Crippen LogP contribution < -0.4 is 4.74 Å². The van der Waals surface area contributed by atoms with Crippen molar-refractivity contribution in [3.05, 3.63) is 64.2 Å². The monoisotopic (exact) mass is 407 g/mol. The molecule has 0 N–H and O–H groups in total. The van der Waals surface area contributed by atoms with Gasteiger partial charge in [0.15, 0.2) is 0 Å². The Balaban J connectivity index is 1.42. The molecule has 0 aliphatic carbocycles. The molecule has 1 fully saturated rings. The Kier molecular flexibility index (Phi) is 6.40. The lowest BCUT2D eigenvalue weighted by molar-refractivity contribution is -0.130. The second-order valence-corrected chi connectivity index (χ2v) is 8.78. The highest BCUT2D eigenvalue weighted by molar-refractivity contribution is 5.73. The van der Waals surface area contributed by atoms with Crippen LogP contribution in [0.15, 0.2) is 36.4 Å². The molecule has 0 saturated carbocycles. The van der Waals surface area contributed by atoms with Gasteiger partial charge < -0.3 is 9.64 Å². The Bertz CT molecular complexity index is 883. The molecule has 0 atom stereocenters. The third kappa shape index (κ3) is 5.21. The quantitative estimate of drug-likeness (QED) is 0.779. The van der Waals surface area contributed by atoms with E-state index >= 15 is 0 Å². The largest absolute Gasteiger partial charge is 0.492 e. The van der Waals surface area contributed by atoms with E-state index < -0.39 is 0 Å². The number of amides is 1. The van der Waals surface area contributed by atoms with Crippen LogP contribution in [-0.2, 0) is 24.4 Å². The Morgan fingerprint density at radius 3 is 2.27 bits per heavy atom. The Morgan fingerprint density at radius 1 is 0.867 bits per heavy atom. The van der Waals surface area contributed by atoms with Gasteiger partial charge in [0, 0.05) is 64.8 Å². The number of carbonyl (C=O) groups excluding carboxylic acids is 1. The van der Waals surface area contributed by atoms with Gasteiger partial charge in [-0.1, -0.05) is 35.4 Å². The molecule has 0 aromatic heterocycles. The van der Waals surface area contributed by atoms with Crippen LogP contribution in [0.3, 0.4) is 0 Å². The van der Waals surface area contributed by atoms with Crippen LogP contribution in [0.4, 0.5) is 0 Å². The Hall–Kier alpha value is -2.37. The van der Waals surface area contributed by atoms with Crippen molar-refractivity contribution in [3.63, 3.8) is 0 Å². The fraction of sp³-hybridized carbons (Fsp3) is 0.480. The molecule has 1 amide bonds. The molecular weight excluding hydrogens is 374 g/mol. The van der Waals surface area contributed by atoms with E-state index in [1.165, 1.54) is 27.8 Å². The maximum absolute atomic E-state index is 11.5. The van der Waals surface area contributed by atoms with Gasteiger partial charge in [-0.2, -0.15) is 0 Å². The molecule has 0 radical (unpaired) electrons.